The van der Waals surface area contributed by atoms with Gasteiger partial charge in [0, 0.05) is 37.0 Å². The fourth-order valence-electron chi connectivity index (χ4n) is 4.44. The van der Waals surface area contributed by atoms with Crippen molar-refractivity contribution in [2.24, 2.45) is 7.05 Å². The molecule has 0 aliphatic carbocycles. The predicted molar refractivity (Wildman–Crippen MR) is 131 cm³/mol. The van der Waals surface area contributed by atoms with Gasteiger partial charge in [0.1, 0.15) is 6.10 Å². The Balaban J connectivity index is 1.82. The second-order valence-corrected chi connectivity index (χ2v) is 8.71. The smallest absolute Gasteiger partial charge is 0.251 e. The molecule has 0 saturated carbocycles. The number of likely N-dealkylation sites (N-methyl/N-ethyl adjacent to an activating group) is 1. The number of carbonyl (C=O) groups excluding carboxylic acids is 1. The highest BCUT2D eigenvalue weighted by atomic mass is 35.5. The molecule has 2 unspecified atom stereocenters. The molecule has 1 aromatic heterocycles. The van der Waals surface area contributed by atoms with Crippen molar-refractivity contribution in [3.05, 3.63) is 39.5 Å². The summed E-state index contributed by atoms with van der Waals surface area (Å²) in [6.07, 6.45) is -0.0909. The quantitative estimate of drug-likeness (QED) is 0.480. The average molecular weight is 495 g/mol. The number of carbonyl (C=O) groups is 1. The van der Waals surface area contributed by atoms with E-state index in [0.717, 1.165) is 22.5 Å². The van der Waals surface area contributed by atoms with E-state index >= 15 is 0 Å². The molecule has 1 aliphatic heterocycles. The lowest BCUT2D eigenvalue weighted by Gasteiger charge is -2.34. The first kappa shape index (κ1) is 26.3. The van der Waals surface area contributed by atoms with Crippen LogP contribution < -0.4 is 15.0 Å². The molecule has 2 aromatic rings. The van der Waals surface area contributed by atoms with Crippen molar-refractivity contribution in [2.45, 2.75) is 39.5 Å². The van der Waals surface area contributed by atoms with Gasteiger partial charge in [0.05, 0.1) is 57.4 Å². The lowest BCUT2D eigenvalue weighted by Crippen LogP contribution is -2.45. The van der Waals surface area contributed by atoms with Crippen molar-refractivity contribution in [1.29, 1.82) is 0 Å². The number of methoxy groups -OCH3 is 2. The maximum Gasteiger partial charge on any atom is 0.251 e. The van der Waals surface area contributed by atoms with E-state index in [1.54, 1.807) is 25.0 Å². The molecule has 2 atom stereocenters. The Labute approximate surface area is 206 Å². The number of hydrogen-bond donors (Lipinski definition) is 1. The Kier molecular flexibility index (Phi) is 9.18. The first-order chi connectivity index (χ1) is 16.3. The summed E-state index contributed by atoms with van der Waals surface area (Å²) in [6.45, 7) is 9.00. The number of anilines is 1. The van der Waals surface area contributed by atoms with Gasteiger partial charge in [-0.15, -0.1) is 0 Å². The number of aryl methyl sites for hydroxylation is 2. The largest absolute Gasteiger partial charge is 0.481 e. The highest BCUT2D eigenvalue weighted by Crippen LogP contribution is 2.32. The molecule has 1 N–H and O–H groups in total. The number of ether oxygens (including phenoxy) is 4. The van der Waals surface area contributed by atoms with Crippen molar-refractivity contribution >= 4 is 23.2 Å². The molecular weight excluding hydrogens is 460 g/mol. The number of halogens is 1. The van der Waals surface area contributed by atoms with Crippen molar-refractivity contribution in [2.75, 3.05) is 52.1 Å². The number of benzene rings is 1. The monoisotopic (exact) mass is 494 g/mol. The van der Waals surface area contributed by atoms with Crippen LogP contribution in [0.2, 0.25) is 5.02 Å². The van der Waals surface area contributed by atoms with Gasteiger partial charge in [-0.3, -0.25) is 4.79 Å². The van der Waals surface area contributed by atoms with E-state index in [-0.39, 0.29) is 18.1 Å². The molecule has 0 spiro atoms. The van der Waals surface area contributed by atoms with Crippen LogP contribution in [0.3, 0.4) is 0 Å². The summed E-state index contributed by atoms with van der Waals surface area (Å²) >= 11 is 6.49. The second-order valence-electron chi connectivity index (χ2n) is 8.27. The van der Waals surface area contributed by atoms with Gasteiger partial charge in [0.25, 0.3) is 5.91 Å². The second kappa shape index (κ2) is 11.9. The van der Waals surface area contributed by atoms with Crippen LogP contribution in [-0.4, -0.2) is 75.0 Å². The SMILES string of the molecule is CCN(c1cc(Cl)cc(C(=O)NCc2c(C)nn(C)c2OC)c1C)C1COCC1OCCOC. The van der Waals surface area contributed by atoms with Crippen LogP contribution >= 0.6 is 11.6 Å². The number of rotatable bonds is 11. The summed E-state index contributed by atoms with van der Waals surface area (Å²) in [5, 5.41) is 7.86. The molecule has 1 aliphatic rings. The van der Waals surface area contributed by atoms with Gasteiger partial charge in [-0.05, 0) is 38.5 Å². The van der Waals surface area contributed by atoms with Crippen LogP contribution in [0.5, 0.6) is 5.88 Å². The van der Waals surface area contributed by atoms with E-state index in [1.807, 2.05) is 27.0 Å². The summed E-state index contributed by atoms with van der Waals surface area (Å²) in [6, 6.07) is 3.61. The summed E-state index contributed by atoms with van der Waals surface area (Å²) in [5.74, 6) is 0.414. The number of nitrogens with one attached hydrogen (secondary N) is 1. The van der Waals surface area contributed by atoms with Gasteiger partial charge in [0.15, 0.2) is 0 Å². The molecule has 1 amide bonds. The third-order valence-corrected chi connectivity index (χ3v) is 6.39. The third kappa shape index (κ3) is 5.66. The summed E-state index contributed by atoms with van der Waals surface area (Å²) in [7, 11) is 5.05. The van der Waals surface area contributed by atoms with Crippen LogP contribution in [-0.2, 0) is 27.8 Å². The Hall–Kier alpha value is -2.33. The van der Waals surface area contributed by atoms with E-state index in [0.29, 0.717) is 56.0 Å². The molecule has 2 heterocycles. The normalized spacial score (nSPS) is 17.7. The van der Waals surface area contributed by atoms with Crippen LogP contribution in [0.15, 0.2) is 12.1 Å². The Morgan fingerprint density at radius 3 is 2.74 bits per heavy atom. The van der Waals surface area contributed by atoms with E-state index in [1.165, 1.54) is 0 Å². The molecule has 188 valence electrons. The highest BCUT2D eigenvalue weighted by Gasteiger charge is 2.34. The molecule has 1 fully saturated rings. The van der Waals surface area contributed by atoms with Crippen LogP contribution in [0.4, 0.5) is 5.69 Å². The van der Waals surface area contributed by atoms with Crippen molar-refractivity contribution in [1.82, 2.24) is 15.1 Å². The molecule has 10 heteroatoms. The zero-order valence-electron chi connectivity index (χ0n) is 20.8. The first-order valence-corrected chi connectivity index (χ1v) is 11.8. The minimum atomic E-state index is -0.210. The topological polar surface area (TPSA) is 87.1 Å². The van der Waals surface area contributed by atoms with Gasteiger partial charge >= 0.3 is 0 Å². The predicted octanol–water partition coefficient (Wildman–Crippen LogP) is 2.89. The van der Waals surface area contributed by atoms with Gasteiger partial charge in [0.2, 0.25) is 5.88 Å². The van der Waals surface area contributed by atoms with Crippen LogP contribution in [0.25, 0.3) is 0 Å². The Bertz CT molecular complexity index is 996. The van der Waals surface area contributed by atoms with Gasteiger partial charge in [-0.1, -0.05) is 11.6 Å². The third-order valence-electron chi connectivity index (χ3n) is 6.17. The number of nitrogens with zero attached hydrogens (tertiary/aromatic N) is 3. The number of hydrogen-bond acceptors (Lipinski definition) is 7. The van der Waals surface area contributed by atoms with Gasteiger partial charge < -0.3 is 29.2 Å². The maximum absolute atomic E-state index is 13.2. The number of amides is 1. The Morgan fingerprint density at radius 1 is 1.29 bits per heavy atom. The van der Waals surface area contributed by atoms with Crippen molar-refractivity contribution < 1.29 is 23.7 Å². The van der Waals surface area contributed by atoms with Crippen molar-refractivity contribution in [3.8, 4) is 5.88 Å². The lowest BCUT2D eigenvalue weighted by atomic mass is 10.0. The van der Waals surface area contributed by atoms with E-state index < -0.39 is 0 Å². The number of aromatic nitrogens is 2. The van der Waals surface area contributed by atoms with E-state index in [9.17, 15) is 4.79 Å². The van der Waals surface area contributed by atoms with E-state index in [2.05, 4.69) is 22.2 Å². The molecule has 34 heavy (non-hydrogen) atoms. The van der Waals surface area contributed by atoms with Crippen LogP contribution in [0, 0.1) is 13.8 Å². The van der Waals surface area contributed by atoms with E-state index in [4.69, 9.17) is 30.5 Å². The standard InChI is InChI=1S/C24H35ClN4O5/c1-7-29(21-13-33-14-22(21)34-9-8-31-5)20-11-17(25)10-18(15(20)2)23(30)26-12-19-16(3)27-28(4)24(19)32-6/h10-11,21-22H,7-9,12-14H2,1-6H3,(H,26,30). The highest BCUT2D eigenvalue weighted by molar-refractivity contribution is 6.31. The van der Waals surface area contributed by atoms with Crippen LogP contribution in [0.1, 0.15) is 34.1 Å². The fraction of sp³-hybridized carbons (Fsp3) is 0.583. The summed E-state index contributed by atoms with van der Waals surface area (Å²) in [5.41, 5.74) is 3.91. The minimum Gasteiger partial charge on any atom is -0.481 e. The first-order valence-electron chi connectivity index (χ1n) is 11.4. The fourth-order valence-corrected chi connectivity index (χ4v) is 4.65. The maximum atomic E-state index is 13.2. The molecule has 3 rings (SSSR count). The van der Waals surface area contributed by atoms with Crippen molar-refractivity contribution in [3.63, 3.8) is 0 Å². The van der Waals surface area contributed by atoms with Gasteiger partial charge in [-0.2, -0.15) is 5.10 Å². The summed E-state index contributed by atoms with van der Waals surface area (Å²) < 4.78 is 23.9. The zero-order chi connectivity index (χ0) is 24.8. The molecule has 1 aromatic carbocycles. The van der Waals surface area contributed by atoms with Gasteiger partial charge in [-0.25, -0.2) is 4.68 Å². The average Bonchev–Trinajstić information content (AvgIpc) is 3.37. The Morgan fingerprint density at radius 2 is 2.06 bits per heavy atom. The molecule has 0 bridgehead atoms. The summed E-state index contributed by atoms with van der Waals surface area (Å²) in [4.78, 5) is 15.4. The molecule has 9 nitrogen and oxygen atoms in total. The molecular formula is C24H35ClN4O5. The zero-order valence-corrected chi connectivity index (χ0v) is 21.6. The molecule has 0 radical (unpaired) electrons. The lowest BCUT2D eigenvalue weighted by molar-refractivity contribution is 0.00728. The molecule has 1 saturated heterocycles. The minimum absolute atomic E-state index is 0.0113.